The van der Waals surface area contributed by atoms with Crippen LogP contribution >= 0.6 is 0 Å². The van der Waals surface area contributed by atoms with Gasteiger partial charge in [-0.15, -0.1) is 0 Å². The van der Waals surface area contributed by atoms with Crippen molar-refractivity contribution in [2.24, 2.45) is 5.92 Å². The summed E-state index contributed by atoms with van der Waals surface area (Å²) < 4.78 is 2.24. The molecule has 24 heavy (non-hydrogen) atoms. The van der Waals surface area contributed by atoms with Crippen LogP contribution in [0.4, 0.5) is 0 Å². The van der Waals surface area contributed by atoms with Crippen molar-refractivity contribution in [2.45, 2.75) is 19.4 Å². The first kappa shape index (κ1) is 14.9. The molecule has 0 radical (unpaired) electrons. The number of carbonyl (C=O) groups excluding carboxylic acids is 1. The molecule has 1 saturated heterocycles. The Morgan fingerprint density at radius 1 is 1.08 bits per heavy atom. The van der Waals surface area contributed by atoms with Gasteiger partial charge in [0.25, 0.3) is 5.91 Å². The van der Waals surface area contributed by atoms with Crippen molar-refractivity contribution >= 4 is 16.9 Å². The number of fused-ring (bicyclic) bond motifs is 1. The van der Waals surface area contributed by atoms with Crippen LogP contribution in [0.1, 0.15) is 23.2 Å². The number of piperidine rings is 1. The monoisotopic (exact) mass is 320 g/mol. The quantitative estimate of drug-likeness (QED) is 0.745. The number of benzene rings is 1. The molecule has 2 aromatic heterocycles. The Labute approximate surface area is 140 Å². The van der Waals surface area contributed by atoms with E-state index < -0.39 is 0 Å². The molecular formula is C19H20N4O. The average Bonchev–Trinajstić information content (AvgIpc) is 3.06. The highest BCUT2D eigenvalue weighted by Crippen LogP contribution is 2.22. The van der Waals surface area contributed by atoms with Crippen LogP contribution in [0.15, 0.2) is 55.1 Å². The van der Waals surface area contributed by atoms with Gasteiger partial charge in [0.1, 0.15) is 0 Å². The predicted molar refractivity (Wildman–Crippen MR) is 92.6 cm³/mol. The molecule has 5 heteroatoms. The maximum absolute atomic E-state index is 12.5. The lowest BCUT2D eigenvalue weighted by molar-refractivity contribution is 0.0683. The van der Waals surface area contributed by atoms with Crippen molar-refractivity contribution in [1.82, 2.24) is 19.4 Å². The van der Waals surface area contributed by atoms with E-state index in [-0.39, 0.29) is 5.91 Å². The Morgan fingerprint density at radius 2 is 1.83 bits per heavy atom. The first-order valence-corrected chi connectivity index (χ1v) is 8.40. The second kappa shape index (κ2) is 6.43. The van der Waals surface area contributed by atoms with Crippen molar-refractivity contribution < 1.29 is 4.79 Å². The van der Waals surface area contributed by atoms with E-state index >= 15 is 0 Å². The van der Waals surface area contributed by atoms with Crippen LogP contribution in [0.25, 0.3) is 11.0 Å². The molecule has 3 heterocycles. The molecule has 5 nitrogen and oxygen atoms in total. The molecule has 0 bridgehead atoms. The smallest absolute Gasteiger partial charge is 0.253 e. The van der Waals surface area contributed by atoms with Gasteiger partial charge in [-0.3, -0.25) is 9.78 Å². The van der Waals surface area contributed by atoms with E-state index in [1.165, 1.54) is 5.52 Å². The normalized spacial score (nSPS) is 15.8. The molecule has 0 spiro atoms. The Bertz CT molecular complexity index is 835. The summed E-state index contributed by atoms with van der Waals surface area (Å²) in [6, 6.07) is 11.8. The third-order valence-corrected chi connectivity index (χ3v) is 4.81. The Balaban J connectivity index is 1.39. The fourth-order valence-electron chi connectivity index (χ4n) is 3.43. The summed E-state index contributed by atoms with van der Waals surface area (Å²) in [5.74, 6) is 0.702. The van der Waals surface area contributed by atoms with Crippen LogP contribution in [-0.2, 0) is 6.54 Å². The number of rotatable bonds is 3. The van der Waals surface area contributed by atoms with Crippen LogP contribution < -0.4 is 0 Å². The van der Waals surface area contributed by atoms with E-state index in [1.807, 2.05) is 23.4 Å². The number of hydrogen-bond acceptors (Lipinski definition) is 3. The summed E-state index contributed by atoms with van der Waals surface area (Å²) in [4.78, 5) is 22.9. The molecule has 1 aromatic carbocycles. The number of nitrogens with zero attached hydrogens (tertiary/aromatic N) is 4. The summed E-state index contributed by atoms with van der Waals surface area (Å²) in [6.07, 6.45) is 7.33. The number of aromatic nitrogens is 3. The number of pyridine rings is 1. The summed E-state index contributed by atoms with van der Waals surface area (Å²) in [6.45, 7) is 2.61. The number of para-hydroxylation sites is 2. The summed E-state index contributed by atoms with van der Waals surface area (Å²) in [5.41, 5.74) is 2.96. The van der Waals surface area contributed by atoms with Crippen molar-refractivity contribution in [3.05, 3.63) is 60.7 Å². The fourth-order valence-corrected chi connectivity index (χ4v) is 3.43. The number of likely N-dealkylation sites (tertiary alicyclic amines) is 1. The zero-order valence-electron chi connectivity index (χ0n) is 13.5. The predicted octanol–water partition coefficient (Wildman–Crippen LogP) is 2.98. The standard InChI is InChI=1S/C19H20N4O/c24-19(16-5-9-20-10-6-16)22-11-7-15(8-12-22)13-23-14-21-17-3-1-2-4-18(17)23/h1-6,9-10,14-15H,7-8,11-13H2. The van der Waals surface area contributed by atoms with E-state index in [1.54, 1.807) is 24.5 Å². The van der Waals surface area contributed by atoms with Crippen LogP contribution in [0.5, 0.6) is 0 Å². The van der Waals surface area contributed by atoms with Gasteiger partial charge >= 0.3 is 0 Å². The minimum atomic E-state index is 0.115. The number of amides is 1. The minimum absolute atomic E-state index is 0.115. The van der Waals surface area contributed by atoms with Crippen molar-refractivity contribution in [3.8, 4) is 0 Å². The van der Waals surface area contributed by atoms with Gasteiger partial charge in [0.2, 0.25) is 0 Å². The molecule has 3 aromatic rings. The molecular weight excluding hydrogens is 300 g/mol. The summed E-state index contributed by atoms with van der Waals surface area (Å²) in [5, 5.41) is 0. The van der Waals surface area contributed by atoms with Crippen LogP contribution in [0.3, 0.4) is 0 Å². The lowest BCUT2D eigenvalue weighted by Crippen LogP contribution is -2.39. The van der Waals surface area contributed by atoms with Gasteiger partial charge in [-0.2, -0.15) is 0 Å². The SMILES string of the molecule is O=C(c1ccncc1)N1CCC(Cn2cnc3ccccc32)CC1. The van der Waals surface area contributed by atoms with Crippen LogP contribution in [-0.4, -0.2) is 38.4 Å². The molecule has 122 valence electrons. The zero-order valence-corrected chi connectivity index (χ0v) is 13.5. The number of hydrogen-bond donors (Lipinski definition) is 0. The third-order valence-electron chi connectivity index (χ3n) is 4.81. The van der Waals surface area contributed by atoms with E-state index in [0.29, 0.717) is 5.92 Å². The molecule has 1 aliphatic heterocycles. The fraction of sp³-hybridized carbons (Fsp3) is 0.316. The second-order valence-electron chi connectivity index (χ2n) is 6.36. The highest BCUT2D eigenvalue weighted by atomic mass is 16.2. The first-order valence-electron chi connectivity index (χ1n) is 8.40. The van der Waals surface area contributed by atoms with Gasteiger partial charge in [-0.1, -0.05) is 12.1 Å². The van der Waals surface area contributed by atoms with E-state index in [0.717, 1.165) is 43.6 Å². The minimum Gasteiger partial charge on any atom is -0.339 e. The van der Waals surface area contributed by atoms with Crippen molar-refractivity contribution in [3.63, 3.8) is 0 Å². The molecule has 1 amide bonds. The maximum Gasteiger partial charge on any atom is 0.253 e. The Hall–Kier alpha value is -2.69. The molecule has 0 N–H and O–H groups in total. The molecule has 0 saturated carbocycles. The van der Waals surface area contributed by atoms with Gasteiger partial charge in [0, 0.05) is 37.6 Å². The van der Waals surface area contributed by atoms with Crippen molar-refractivity contribution in [2.75, 3.05) is 13.1 Å². The van der Waals surface area contributed by atoms with Gasteiger partial charge in [-0.05, 0) is 43.0 Å². The lowest BCUT2D eigenvalue weighted by Gasteiger charge is -2.32. The van der Waals surface area contributed by atoms with Crippen LogP contribution in [0, 0.1) is 5.92 Å². The van der Waals surface area contributed by atoms with E-state index in [2.05, 4.69) is 26.7 Å². The van der Waals surface area contributed by atoms with E-state index in [9.17, 15) is 4.79 Å². The largest absolute Gasteiger partial charge is 0.339 e. The molecule has 0 aliphatic carbocycles. The van der Waals surface area contributed by atoms with Gasteiger partial charge in [0.15, 0.2) is 0 Å². The highest BCUT2D eigenvalue weighted by molar-refractivity contribution is 5.94. The number of imidazole rings is 1. The number of carbonyl (C=O) groups is 1. The molecule has 1 fully saturated rings. The topological polar surface area (TPSA) is 51.0 Å². The van der Waals surface area contributed by atoms with Gasteiger partial charge < -0.3 is 9.47 Å². The lowest BCUT2D eigenvalue weighted by atomic mass is 9.96. The van der Waals surface area contributed by atoms with Gasteiger partial charge in [-0.25, -0.2) is 4.98 Å². The molecule has 0 atom stereocenters. The Morgan fingerprint density at radius 3 is 2.62 bits per heavy atom. The molecule has 1 aliphatic rings. The van der Waals surface area contributed by atoms with Crippen molar-refractivity contribution in [1.29, 1.82) is 0 Å². The average molecular weight is 320 g/mol. The molecule has 0 unspecified atom stereocenters. The second-order valence-corrected chi connectivity index (χ2v) is 6.36. The van der Waals surface area contributed by atoms with Gasteiger partial charge in [0.05, 0.1) is 17.4 Å². The summed E-state index contributed by atoms with van der Waals surface area (Å²) in [7, 11) is 0. The maximum atomic E-state index is 12.5. The highest BCUT2D eigenvalue weighted by Gasteiger charge is 2.24. The van der Waals surface area contributed by atoms with Crippen LogP contribution in [0.2, 0.25) is 0 Å². The summed E-state index contributed by atoms with van der Waals surface area (Å²) >= 11 is 0. The molecule has 4 rings (SSSR count). The van der Waals surface area contributed by atoms with E-state index in [4.69, 9.17) is 0 Å². The first-order chi connectivity index (χ1) is 11.8. The zero-order chi connectivity index (χ0) is 16.4. The third kappa shape index (κ3) is 2.89. The Kier molecular flexibility index (Phi) is 3.99.